The first kappa shape index (κ1) is 18.7. The predicted octanol–water partition coefficient (Wildman–Crippen LogP) is 4.92. The van der Waals surface area contributed by atoms with E-state index in [0.717, 1.165) is 5.69 Å². The molecule has 3 aromatic rings. The number of carbonyl (C=O) groups is 1. The highest BCUT2D eigenvalue weighted by Gasteiger charge is 2.28. The number of aryl methyl sites for hydroxylation is 1. The van der Waals surface area contributed by atoms with E-state index in [9.17, 15) is 4.79 Å². The fourth-order valence-electron chi connectivity index (χ4n) is 2.82. The van der Waals surface area contributed by atoms with Crippen molar-refractivity contribution in [2.75, 3.05) is 5.32 Å². The van der Waals surface area contributed by atoms with Gasteiger partial charge in [0.2, 0.25) is 0 Å². The van der Waals surface area contributed by atoms with Gasteiger partial charge < -0.3 is 5.32 Å². The number of halogens is 3. The summed E-state index contributed by atoms with van der Waals surface area (Å²) in [6, 6.07) is 12.7. The minimum Gasteiger partial charge on any atom is -0.319 e. The van der Waals surface area contributed by atoms with E-state index in [1.165, 1.54) is 6.21 Å². The third-order valence-corrected chi connectivity index (χ3v) is 5.04. The van der Waals surface area contributed by atoms with Crippen molar-refractivity contribution >= 4 is 58.3 Å². The molecule has 9 heteroatoms. The number of fused-ring (bicyclic) bond motifs is 1. The number of carbonyl (C=O) groups excluding carboxylic acids is 1. The van der Waals surface area contributed by atoms with Gasteiger partial charge in [0.1, 0.15) is 5.15 Å². The Morgan fingerprint density at radius 1 is 1.14 bits per heavy atom. The van der Waals surface area contributed by atoms with Crippen molar-refractivity contribution in [3.8, 4) is 5.69 Å². The Kier molecular flexibility index (Phi) is 4.93. The van der Waals surface area contributed by atoms with E-state index in [4.69, 9.17) is 34.8 Å². The van der Waals surface area contributed by atoms with Gasteiger partial charge in [-0.05, 0) is 31.2 Å². The molecule has 1 aliphatic heterocycles. The zero-order valence-corrected chi connectivity index (χ0v) is 16.7. The molecule has 0 unspecified atom stereocenters. The molecule has 4 rings (SSSR count). The minimum atomic E-state index is -0.404. The zero-order valence-electron chi connectivity index (χ0n) is 14.4. The first-order valence-electron chi connectivity index (χ1n) is 8.18. The third kappa shape index (κ3) is 3.30. The van der Waals surface area contributed by atoms with Crippen LogP contribution in [-0.4, -0.2) is 27.6 Å². The smallest absolute Gasteiger partial charge is 0.276 e. The van der Waals surface area contributed by atoms with Gasteiger partial charge in [0.15, 0.2) is 5.71 Å². The summed E-state index contributed by atoms with van der Waals surface area (Å²) >= 11 is 18.6. The summed E-state index contributed by atoms with van der Waals surface area (Å²) in [6.07, 6.45) is 1.47. The van der Waals surface area contributed by atoms with Crippen LogP contribution < -0.4 is 5.32 Å². The molecule has 0 saturated heterocycles. The van der Waals surface area contributed by atoms with Gasteiger partial charge in [-0.1, -0.05) is 53.0 Å². The van der Waals surface area contributed by atoms with E-state index in [0.29, 0.717) is 37.7 Å². The lowest BCUT2D eigenvalue weighted by atomic mass is 10.1. The topological polar surface area (TPSA) is 71.6 Å². The Morgan fingerprint density at radius 3 is 2.64 bits per heavy atom. The maximum absolute atomic E-state index is 12.2. The highest BCUT2D eigenvalue weighted by atomic mass is 35.5. The normalized spacial score (nSPS) is 14.7. The molecule has 1 aromatic heterocycles. The standard InChI is InChI=1S/C19H12Cl3N5O/c1-10-14(18(22)27(26-10)12-5-3-2-4-6-12)9-23-25-17-13-7-11(20)8-15(21)16(13)24-19(17)28/h2-9H,1H3,(H,24,25,28)/b23-9-. The van der Waals surface area contributed by atoms with Crippen molar-refractivity contribution in [3.05, 3.63) is 74.5 Å². The number of anilines is 1. The average Bonchev–Trinajstić information content (AvgIpc) is 3.13. The molecular weight excluding hydrogens is 421 g/mol. The van der Waals surface area contributed by atoms with Gasteiger partial charge in [0.25, 0.3) is 5.91 Å². The van der Waals surface area contributed by atoms with E-state index in [-0.39, 0.29) is 5.71 Å². The molecule has 2 aromatic carbocycles. The molecule has 1 N–H and O–H groups in total. The van der Waals surface area contributed by atoms with Crippen LogP contribution in [0.4, 0.5) is 5.69 Å². The lowest BCUT2D eigenvalue weighted by Crippen LogP contribution is -2.13. The van der Waals surface area contributed by atoms with Crippen LogP contribution in [0.3, 0.4) is 0 Å². The molecule has 6 nitrogen and oxygen atoms in total. The van der Waals surface area contributed by atoms with Gasteiger partial charge in [-0.2, -0.15) is 10.2 Å². The van der Waals surface area contributed by atoms with Crippen molar-refractivity contribution in [3.63, 3.8) is 0 Å². The molecule has 0 saturated carbocycles. The number of nitrogens with one attached hydrogen (secondary N) is 1. The van der Waals surface area contributed by atoms with Gasteiger partial charge in [-0.3, -0.25) is 4.79 Å². The second-order valence-corrected chi connectivity index (χ2v) is 7.20. The number of nitrogens with zero attached hydrogens (tertiary/aromatic N) is 4. The number of para-hydroxylation sites is 1. The molecule has 2 heterocycles. The summed E-state index contributed by atoms with van der Waals surface area (Å²) < 4.78 is 1.61. The molecule has 0 bridgehead atoms. The minimum absolute atomic E-state index is 0.125. The maximum atomic E-state index is 12.2. The molecule has 1 amide bonds. The van der Waals surface area contributed by atoms with Gasteiger partial charge in [-0.15, -0.1) is 5.10 Å². The van der Waals surface area contributed by atoms with E-state index in [1.54, 1.807) is 16.8 Å². The Morgan fingerprint density at radius 2 is 1.89 bits per heavy atom. The summed E-state index contributed by atoms with van der Waals surface area (Å²) in [5.74, 6) is -0.404. The van der Waals surface area contributed by atoms with Crippen molar-refractivity contribution in [2.24, 2.45) is 10.2 Å². The second kappa shape index (κ2) is 7.39. The number of amides is 1. The Hall–Kier alpha value is -2.67. The largest absolute Gasteiger partial charge is 0.319 e. The lowest BCUT2D eigenvalue weighted by Gasteiger charge is -2.01. The number of benzene rings is 2. The molecule has 0 fully saturated rings. The molecule has 0 aliphatic carbocycles. The molecule has 0 atom stereocenters. The van der Waals surface area contributed by atoms with Crippen molar-refractivity contribution in [2.45, 2.75) is 6.92 Å². The fourth-order valence-corrected chi connectivity index (χ4v) is 3.69. The van der Waals surface area contributed by atoms with Crippen molar-refractivity contribution in [1.82, 2.24) is 9.78 Å². The van der Waals surface area contributed by atoms with Gasteiger partial charge >= 0.3 is 0 Å². The number of hydrogen-bond acceptors (Lipinski definition) is 4. The highest BCUT2D eigenvalue weighted by Crippen LogP contribution is 2.34. The van der Waals surface area contributed by atoms with Crippen LogP contribution in [0.15, 0.2) is 52.7 Å². The molecule has 0 spiro atoms. The maximum Gasteiger partial charge on any atom is 0.276 e. The molecule has 140 valence electrons. The monoisotopic (exact) mass is 431 g/mol. The summed E-state index contributed by atoms with van der Waals surface area (Å²) in [5, 5.41) is 16.3. The van der Waals surface area contributed by atoms with E-state index < -0.39 is 5.91 Å². The van der Waals surface area contributed by atoms with Gasteiger partial charge in [0, 0.05) is 10.6 Å². The van der Waals surface area contributed by atoms with Crippen LogP contribution in [0.25, 0.3) is 5.69 Å². The van der Waals surface area contributed by atoms with Crippen LogP contribution >= 0.6 is 34.8 Å². The fraction of sp³-hybridized carbons (Fsp3) is 0.0526. The van der Waals surface area contributed by atoms with Gasteiger partial charge in [0.05, 0.1) is 33.9 Å². The quantitative estimate of drug-likeness (QED) is 0.471. The number of hydrogen-bond donors (Lipinski definition) is 1. The molecule has 1 aliphatic rings. The van der Waals surface area contributed by atoms with Crippen LogP contribution in [0.5, 0.6) is 0 Å². The summed E-state index contributed by atoms with van der Waals surface area (Å²) in [4.78, 5) is 12.2. The Labute approximate surface area is 175 Å². The molecule has 28 heavy (non-hydrogen) atoms. The predicted molar refractivity (Wildman–Crippen MR) is 113 cm³/mol. The number of rotatable bonds is 3. The zero-order chi connectivity index (χ0) is 19.8. The van der Waals surface area contributed by atoms with Crippen molar-refractivity contribution < 1.29 is 4.79 Å². The summed E-state index contributed by atoms with van der Waals surface area (Å²) in [6.45, 7) is 1.82. The van der Waals surface area contributed by atoms with Crippen LogP contribution in [-0.2, 0) is 4.79 Å². The molecular formula is C19H12Cl3N5O. The van der Waals surface area contributed by atoms with E-state index in [2.05, 4.69) is 20.6 Å². The van der Waals surface area contributed by atoms with Gasteiger partial charge in [-0.25, -0.2) is 4.68 Å². The third-order valence-electron chi connectivity index (χ3n) is 4.16. The second-order valence-electron chi connectivity index (χ2n) is 5.99. The lowest BCUT2D eigenvalue weighted by molar-refractivity contribution is -0.110. The average molecular weight is 433 g/mol. The highest BCUT2D eigenvalue weighted by molar-refractivity contribution is 6.56. The number of aromatic nitrogens is 2. The van der Waals surface area contributed by atoms with Crippen LogP contribution in [0.1, 0.15) is 16.8 Å². The Balaban J connectivity index is 1.69. The van der Waals surface area contributed by atoms with E-state index in [1.807, 2.05) is 37.3 Å². The van der Waals surface area contributed by atoms with Crippen LogP contribution in [0, 0.1) is 6.92 Å². The Bertz CT molecular complexity index is 1150. The summed E-state index contributed by atoms with van der Waals surface area (Å²) in [7, 11) is 0. The summed E-state index contributed by atoms with van der Waals surface area (Å²) in [5.41, 5.74) is 3.21. The van der Waals surface area contributed by atoms with Crippen LogP contribution in [0.2, 0.25) is 15.2 Å². The molecule has 0 radical (unpaired) electrons. The van der Waals surface area contributed by atoms with Crippen molar-refractivity contribution in [1.29, 1.82) is 0 Å². The SMILES string of the molecule is Cc1nn(-c2ccccc2)c(Cl)c1/C=N\N=C1/C(=O)Nc2c(Cl)cc(Cl)cc21. The first-order valence-corrected chi connectivity index (χ1v) is 9.31. The van der Waals surface area contributed by atoms with E-state index >= 15 is 0 Å². The first-order chi connectivity index (χ1) is 13.5.